The molecule has 2 atom stereocenters. The van der Waals surface area contributed by atoms with Gasteiger partial charge in [-0.1, -0.05) is 37.3 Å². The van der Waals surface area contributed by atoms with Crippen LogP contribution in [0.1, 0.15) is 54.0 Å². The Bertz CT molecular complexity index is 1040. The topological polar surface area (TPSA) is 42.4 Å². The van der Waals surface area contributed by atoms with Crippen molar-refractivity contribution >= 4 is 0 Å². The molecule has 0 amide bonds. The van der Waals surface area contributed by atoms with Gasteiger partial charge in [0.1, 0.15) is 17.1 Å². The standard InChI is InChI=1S/C26H29NO2/c1-16-17(2)25-23(18(3)24(16)28)12-13-26(5,29-25)19(4)20-8-10-21(11-9-20)22-7-6-14-27-15-22/h6-11,14-15,19,28H,12-13H2,1-5H3. The fourth-order valence-electron chi connectivity index (χ4n) is 4.42. The van der Waals surface area contributed by atoms with E-state index in [4.69, 9.17) is 4.74 Å². The minimum atomic E-state index is -0.288. The minimum absolute atomic E-state index is 0.243. The molecule has 3 aromatic rings. The molecule has 4 rings (SSSR count). The summed E-state index contributed by atoms with van der Waals surface area (Å²) in [6.07, 6.45) is 5.53. The summed E-state index contributed by atoms with van der Waals surface area (Å²) >= 11 is 0. The van der Waals surface area contributed by atoms with Crippen molar-refractivity contribution in [3.8, 4) is 22.6 Å². The molecular formula is C26H29NO2. The second kappa shape index (κ2) is 7.22. The summed E-state index contributed by atoms with van der Waals surface area (Å²) in [7, 11) is 0. The maximum atomic E-state index is 10.4. The summed E-state index contributed by atoms with van der Waals surface area (Å²) in [6.45, 7) is 10.5. The van der Waals surface area contributed by atoms with Crippen LogP contribution in [0.5, 0.6) is 11.5 Å². The van der Waals surface area contributed by atoms with E-state index in [0.717, 1.165) is 46.4 Å². The Morgan fingerprint density at radius 2 is 1.72 bits per heavy atom. The van der Waals surface area contributed by atoms with Gasteiger partial charge < -0.3 is 9.84 Å². The first-order valence-corrected chi connectivity index (χ1v) is 10.3. The van der Waals surface area contributed by atoms with Crippen LogP contribution in [0.3, 0.4) is 0 Å². The van der Waals surface area contributed by atoms with Gasteiger partial charge in [-0.05, 0) is 80.0 Å². The van der Waals surface area contributed by atoms with Gasteiger partial charge in [0.25, 0.3) is 0 Å². The summed E-state index contributed by atoms with van der Waals surface area (Å²) in [6, 6.07) is 12.8. The lowest BCUT2D eigenvalue weighted by molar-refractivity contribution is 0.0407. The number of phenolic OH excluding ortho intramolecular Hbond substituents is 1. The highest BCUT2D eigenvalue weighted by Crippen LogP contribution is 2.47. The number of ether oxygens (including phenoxy) is 1. The molecule has 0 saturated heterocycles. The van der Waals surface area contributed by atoms with Crippen molar-refractivity contribution in [2.75, 3.05) is 0 Å². The average Bonchev–Trinajstić information content (AvgIpc) is 2.76. The van der Waals surface area contributed by atoms with E-state index in [9.17, 15) is 5.11 Å². The zero-order valence-electron chi connectivity index (χ0n) is 17.9. The first-order chi connectivity index (χ1) is 13.8. The Labute approximate surface area is 173 Å². The summed E-state index contributed by atoms with van der Waals surface area (Å²) in [5.74, 6) is 1.62. The summed E-state index contributed by atoms with van der Waals surface area (Å²) in [5, 5.41) is 10.4. The molecule has 1 aliphatic heterocycles. The van der Waals surface area contributed by atoms with E-state index in [1.165, 1.54) is 11.1 Å². The van der Waals surface area contributed by atoms with E-state index in [-0.39, 0.29) is 11.5 Å². The number of aromatic nitrogens is 1. The molecule has 3 nitrogen and oxygen atoms in total. The van der Waals surface area contributed by atoms with Crippen molar-refractivity contribution in [2.24, 2.45) is 0 Å². The highest BCUT2D eigenvalue weighted by atomic mass is 16.5. The van der Waals surface area contributed by atoms with E-state index in [1.807, 2.05) is 33.0 Å². The molecule has 29 heavy (non-hydrogen) atoms. The van der Waals surface area contributed by atoms with Crippen LogP contribution in [-0.4, -0.2) is 15.7 Å². The monoisotopic (exact) mass is 387 g/mol. The number of pyridine rings is 1. The van der Waals surface area contributed by atoms with E-state index in [0.29, 0.717) is 5.75 Å². The Kier molecular flexibility index (Phi) is 4.85. The van der Waals surface area contributed by atoms with Crippen molar-refractivity contribution < 1.29 is 9.84 Å². The minimum Gasteiger partial charge on any atom is -0.507 e. The summed E-state index contributed by atoms with van der Waals surface area (Å²) < 4.78 is 6.68. The predicted octanol–water partition coefficient (Wildman–Crippen LogP) is 6.27. The lowest BCUT2D eigenvalue weighted by Crippen LogP contribution is -2.41. The maximum Gasteiger partial charge on any atom is 0.127 e. The third-order valence-electron chi connectivity index (χ3n) is 6.87. The highest BCUT2D eigenvalue weighted by molar-refractivity contribution is 5.63. The number of rotatable bonds is 3. The van der Waals surface area contributed by atoms with Crippen LogP contribution in [0.4, 0.5) is 0 Å². The van der Waals surface area contributed by atoms with Gasteiger partial charge in [-0.2, -0.15) is 0 Å². The van der Waals surface area contributed by atoms with Crippen molar-refractivity contribution in [3.63, 3.8) is 0 Å². The lowest BCUT2D eigenvalue weighted by atomic mass is 9.77. The molecule has 0 fully saturated rings. The van der Waals surface area contributed by atoms with Gasteiger partial charge in [-0.25, -0.2) is 0 Å². The van der Waals surface area contributed by atoms with Crippen molar-refractivity contribution in [1.29, 1.82) is 0 Å². The van der Waals surface area contributed by atoms with Gasteiger partial charge in [0.05, 0.1) is 0 Å². The average molecular weight is 388 g/mol. The molecule has 0 aliphatic carbocycles. The molecule has 2 unspecified atom stereocenters. The van der Waals surface area contributed by atoms with Crippen molar-refractivity contribution in [1.82, 2.24) is 4.98 Å². The van der Waals surface area contributed by atoms with Crippen LogP contribution in [-0.2, 0) is 6.42 Å². The number of benzene rings is 2. The Morgan fingerprint density at radius 1 is 1.00 bits per heavy atom. The lowest BCUT2D eigenvalue weighted by Gasteiger charge is -2.42. The molecule has 0 spiro atoms. The SMILES string of the molecule is Cc1c(C)c2c(c(C)c1O)CCC(C)(C(C)c1ccc(-c3cccnc3)cc1)O2. The largest absolute Gasteiger partial charge is 0.507 e. The molecule has 0 radical (unpaired) electrons. The quantitative estimate of drug-likeness (QED) is 0.576. The van der Waals surface area contributed by atoms with Gasteiger partial charge in [-0.3, -0.25) is 4.98 Å². The number of hydrogen-bond acceptors (Lipinski definition) is 3. The summed E-state index contributed by atoms with van der Waals surface area (Å²) in [5.41, 5.74) is 7.36. The molecule has 2 heterocycles. The van der Waals surface area contributed by atoms with E-state index in [1.54, 1.807) is 6.20 Å². The maximum absolute atomic E-state index is 10.4. The van der Waals surface area contributed by atoms with Crippen LogP contribution >= 0.6 is 0 Å². The Balaban J connectivity index is 1.64. The van der Waals surface area contributed by atoms with Gasteiger partial charge >= 0.3 is 0 Å². The number of aromatic hydroxyl groups is 1. The Hall–Kier alpha value is -2.81. The van der Waals surface area contributed by atoms with Crippen LogP contribution in [0.2, 0.25) is 0 Å². The van der Waals surface area contributed by atoms with Crippen LogP contribution in [0.25, 0.3) is 11.1 Å². The second-order valence-corrected chi connectivity index (χ2v) is 8.53. The van der Waals surface area contributed by atoms with Gasteiger partial charge in [0.2, 0.25) is 0 Å². The first kappa shape index (κ1) is 19.5. The zero-order valence-corrected chi connectivity index (χ0v) is 17.9. The molecule has 0 saturated carbocycles. The predicted molar refractivity (Wildman–Crippen MR) is 118 cm³/mol. The van der Waals surface area contributed by atoms with Crippen molar-refractivity contribution in [3.05, 3.63) is 76.6 Å². The van der Waals surface area contributed by atoms with Crippen molar-refractivity contribution in [2.45, 2.75) is 59.0 Å². The molecule has 150 valence electrons. The second-order valence-electron chi connectivity index (χ2n) is 8.53. The number of nitrogens with zero attached hydrogens (tertiary/aromatic N) is 1. The Morgan fingerprint density at radius 3 is 2.38 bits per heavy atom. The zero-order chi connectivity index (χ0) is 20.8. The molecular weight excluding hydrogens is 358 g/mol. The van der Waals surface area contributed by atoms with Gasteiger partial charge in [-0.15, -0.1) is 0 Å². The van der Waals surface area contributed by atoms with E-state index < -0.39 is 0 Å². The normalized spacial score (nSPS) is 19.3. The van der Waals surface area contributed by atoms with E-state index in [2.05, 4.69) is 49.2 Å². The van der Waals surface area contributed by atoms with Crippen LogP contribution < -0.4 is 4.74 Å². The highest BCUT2D eigenvalue weighted by Gasteiger charge is 2.39. The molecule has 2 aromatic carbocycles. The molecule has 1 N–H and O–H groups in total. The van der Waals surface area contributed by atoms with E-state index >= 15 is 0 Å². The van der Waals surface area contributed by atoms with Crippen LogP contribution in [0, 0.1) is 20.8 Å². The number of fused-ring (bicyclic) bond motifs is 1. The third-order valence-corrected chi connectivity index (χ3v) is 6.87. The van der Waals surface area contributed by atoms with Gasteiger partial charge in [0.15, 0.2) is 0 Å². The molecule has 1 aliphatic rings. The summed E-state index contributed by atoms with van der Waals surface area (Å²) in [4.78, 5) is 4.22. The number of hydrogen-bond donors (Lipinski definition) is 1. The molecule has 0 bridgehead atoms. The molecule has 1 aromatic heterocycles. The van der Waals surface area contributed by atoms with Crippen LogP contribution in [0.15, 0.2) is 48.8 Å². The molecule has 3 heteroatoms. The third kappa shape index (κ3) is 3.29. The fourth-order valence-corrected chi connectivity index (χ4v) is 4.42. The number of phenols is 1. The fraction of sp³-hybridized carbons (Fsp3) is 0.346. The first-order valence-electron chi connectivity index (χ1n) is 10.3. The van der Waals surface area contributed by atoms with Gasteiger partial charge in [0, 0.05) is 23.9 Å². The smallest absolute Gasteiger partial charge is 0.127 e.